The molecule has 0 aromatic rings. The first kappa shape index (κ1) is 15.2. The van der Waals surface area contributed by atoms with Crippen LogP contribution in [0.25, 0.3) is 0 Å². The fourth-order valence-corrected chi connectivity index (χ4v) is 7.96. The van der Waals surface area contributed by atoms with Gasteiger partial charge in [0.15, 0.2) is 0 Å². The molecule has 4 saturated carbocycles. The summed E-state index contributed by atoms with van der Waals surface area (Å²) in [7, 11) is 0. The van der Waals surface area contributed by atoms with Crippen molar-refractivity contribution in [1.82, 2.24) is 0 Å². The molecule has 0 amide bonds. The van der Waals surface area contributed by atoms with Crippen LogP contribution in [0.3, 0.4) is 0 Å². The van der Waals surface area contributed by atoms with E-state index in [0.29, 0.717) is 22.5 Å². The van der Waals surface area contributed by atoms with Crippen molar-refractivity contribution >= 4 is 5.78 Å². The Hall–Kier alpha value is -0.330. The smallest absolute Gasteiger partial charge is 0.133 e. The van der Waals surface area contributed by atoms with E-state index in [1.54, 1.807) is 0 Å². The Morgan fingerprint density at radius 1 is 0.818 bits per heavy atom. The standard InChI is InChI=1S/C21H34O/c1-14(22)17-9-10-18-16-8-7-15-6-4-5-12-20(15,2)19(16)11-13-21(17,18)3/h15-19H,4-13H2,1-3H3/t15?,16-,17+,18?,19?,20-,21?/m0/s1. The zero-order chi connectivity index (χ0) is 15.5. The maximum absolute atomic E-state index is 12.2. The summed E-state index contributed by atoms with van der Waals surface area (Å²) >= 11 is 0. The van der Waals surface area contributed by atoms with Gasteiger partial charge >= 0.3 is 0 Å². The van der Waals surface area contributed by atoms with Gasteiger partial charge in [0.25, 0.3) is 0 Å². The normalized spacial score (nSPS) is 54.2. The lowest BCUT2D eigenvalue weighted by Gasteiger charge is -2.60. The Bertz CT molecular complexity index is 469. The average molecular weight is 303 g/mol. The van der Waals surface area contributed by atoms with Gasteiger partial charge in [0, 0.05) is 5.92 Å². The number of Topliss-reactive ketones (excluding diaryl/α,β-unsaturated/α-hetero) is 1. The van der Waals surface area contributed by atoms with E-state index in [4.69, 9.17) is 0 Å². The van der Waals surface area contributed by atoms with E-state index in [1.165, 1.54) is 64.2 Å². The lowest BCUT2D eigenvalue weighted by atomic mass is 9.45. The quantitative estimate of drug-likeness (QED) is 0.614. The Kier molecular flexibility index (Phi) is 3.51. The zero-order valence-corrected chi connectivity index (χ0v) is 14.9. The van der Waals surface area contributed by atoms with E-state index in [1.807, 2.05) is 6.92 Å². The van der Waals surface area contributed by atoms with Gasteiger partial charge in [0.05, 0.1) is 0 Å². The van der Waals surface area contributed by atoms with E-state index >= 15 is 0 Å². The van der Waals surface area contributed by atoms with Gasteiger partial charge < -0.3 is 0 Å². The molecule has 1 nitrogen and oxygen atoms in total. The lowest BCUT2D eigenvalue weighted by molar-refractivity contribution is -0.133. The summed E-state index contributed by atoms with van der Waals surface area (Å²) in [6.07, 6.45) is 14.1. The molecular formula is C21H34O. The molecule has 0 aromatic heterocycles. The summed E-state index contributed by atoms with van der Waals surface area (Å²) in [6, 6.07) is 0. The molecule has 124 valence electrons. The van der Waals surface area contributed by atoms with Crippen LogP contribution >= 0.6 is 0 Å². The van der Waals surface area contributed by atoms with Crippen LogP contribution in [0.5, 0.6) is 0 Å². The van der Waals surface area contributed by atoms with Crippen molar-refractivity contribution in [3.63, 3.8) is 0 Å². The maximum atomic E-state index is 12.2. The van der Waals surface area contributed by atoms with Gasteiger partial charge in [-0.1, -0.05) is 26.7 Å². The van der Waals surface area contributed by atoms with Crippen LogP contribution in [-0.4, -0.2) is 5.78 Å². The third-order valence-corrected chi connectivity index (χ3v) is 9.07. The van der Waals surface area contributed by atoms with Crippen molar-refractivity contribution in [2.75, 3.05) is 0 Å². The van der Waals surface area contributed by atoms with Crippen LogP contribution < -0.4 is 0 Å². The molecule has 0 aromatic carbocycles. The molecule has 4 rings (SSSR count). The molecular weight excluding hydrogens is 268 g/mol. The average Bonchev–Trinajstić information content (AvgIpc) is 2.84. The molecule has 0 heterocycles. The van der Waals surface area contributed by atoms with Gasteiger partial charge in [0.2, 0.25) is 0 Å². The third kappa shape index (κ3) is 1.93. The van der Waals surface area contributed by atoms with Crippen LogP contribution in [-0.2, 0) is 4.79 Å². The first-order valence-corrected chi connectivity index (χ1v) is 9.97. The predicted molar refractivity (Wildman–Crippen MR) is 90.5 cm³/mol. The Morgan fingerprint density at radius 2 is 1.59 bits per heavy atom. The second-order valence-corrected chi connectivity index (χ2v) is 9.69. The van der Waals surface area contributed by atoms with Crippen LogP contribution in [0.4, 0.5) is 0 Å². The fourth-order valence-electron chi connectivity index (χ4n) is 7.96. The van der Waals surface area contributed by atoms with E-state index in [-0.39, 0.29) is 0 Å². The van der Waals surface area contributed by atoms with E-state index in [2.05, 4.69) is 13.8 Å². The third-order valence-electron chi connectivity index (χ3n) is 9.07. The van der Waals surface area contributed by atoms with Crippen molar-refractivity contribution in [3.05, 3.63) is 0 Å². The minimum atomic E-state index is 0.338. The lowest BCUT2D eigenvalue weighted by Crippen LogP contribution is -2.53. The van der Waals surface area contributed by atoms with Gasteiger partial charge in [-0.3, -0.25) is 4.79 Å². The van der Waals surface area contributed by atoms with Gasteiger partial charge in [-0.05, 0) is 92.8 Å². The molecule has 22 heavy (non-hydrogen) atoms. The first-order chi connectivity index (χ1) is 10.5. The van der Waals surface area contributed by atoms with Gasteiger partial charge in [-0.15, -0.1) is 0 Å². The SMILES string of the molecule is CC(=O)[C@H]1CCC2[C@@H]3CCC4CCCC[C@]4(C)C3CCC21C. The molecule has 4 aliphatic carbocycles. The summed E-state index contributed by atoms with van der Waals surface area (Å²) in [5.41, 5.74) is 0.974. The number of hydrogen-bond donors (Lipinski definition) is 0. The highest BCUT2D eigenvalue weighted by Gasteiger charge is 2.60. The van der Waals surface area contributed by atoms with Crippen LogP contribution in [0.15, 0.2) is 0 Å². The first-order valence-electron chi connectivity index (χ1n) is 9.97. The second-order valence-electron chi connectivity index (χ2n) is 9.69. The number of hydrogen-bond acceptors (Lipinski definition) is 1. The van der Waals surface area contributed by atoms with Crippen molar-refractivity contribution in [2.45, 2.75) is 85.0 Å². The number of carbonyl (C=O) groups excluding carboxylic acids is 1. The molecule has 0 bridgehead atoms. The van der Waals surface area contributed by atoms with Crippen molar-refractivity contribution in [1.29, 1.82) is 0 Å². The number of rotatable bonds is 1. The van der Waals surface area contributed by atoms with Crippen LogP contribution in [0.2, 0.25) is 0 Å². The number of ketones is 1. The highest BCUT2D eigenvalue weighted by atomic mass is 16.1. The minimum absolute atomic E-state index is 0.338. The minimum Gasteiger partial charge on any atom is -0.300 e. The Labute approximate surface area is 136 Å². The number of carbonyl (C=O) groups is 1. The summed E-state index contributed by atoms with van der Waals surface area (Å²) in [5.74, 6) is 4.60. The molecule has 0 radical (unpaired) electrons. The van der Waals surface area contributed by atoms with Crippen LogP contribution in [0.1, 0.15) is 85.0 Å². The highest BCUT2D eigenvalue weighted by molar-refractivity contribution is 5.79. The van der Waals surface area contributed by atoms with Gasteiger partial charge in [-0.25, -0.2) is 0 Å². The topological polar surface area (TPSA) is 17.1 Å². The van der Waals surface area contributed by atoms with Crippen LogP contribution in [0, 0.1) is 40.4 Å². The Balaban J connectivity index is 1.63. The van der Waals surface area contributed by atoms with Crippen molar-refractivity contribution < 1.29 is 4.79 Å². The molecule has 4 unspecified atom stereocenters. The van der Waals surface area contributed by atoms with Crippen molar-refractivity contribution in [3.8, 4) is 0 Å². The maximum Gasteiger partial charge on any atom is 0.133 e. The fraction of sp³-hybridized carbons (Fsp3) is 0.952. The second kappa shape index (κ2) is 5.08. The molecule has 4 fully saturated rings. The van der Waals surface area contributed by atoms with E-state index in [0.717, 1.165) is 23.7 Å². The molecule has 7 atom stereocenters. The van der Waals surface area contributed by atoms with Gasteiger partial charge in [0.1, 0.15) is 5.78 Å². The van der Waals surface area contributed by atoms with E-state index in [9.17, 15) is 4.79 Å². The molecule has 0 spiro atoms. The molecule has 0 aliphatic heterocycles. The summed E-state index contributed by atoms with van der Waals surface area (Å²) in [5, 5.41) is 0. The summed E-state index contributed by atoms with van der Waals surface area (Å²) in [6.45, 7) is 6.97. The predicted octanol–water partition coefficient (Wildman–Crippen LogP) is 5.62. The Morgan fingerprint density at radius 3 is 2.36 bits per heavy atom. The molecule has 1 heteroatoms. The van der Waals surface area contributed by atoms with Gasteiger partial charge in [-0.2, -0.15) is 0 Å². The molecule has 0 saturated heterocycles. The van der Waals surface area contributed by atoms with Crippen molar-refractivity contribution in [2.24, 2.45) is 40.4 Å². The largest absolute Gasteiger partial charge is 0.300 e. The molecule has 0 N–H and O–H groups in total. The van der Waals surface area contributed by atoms with E-state index < -0.39 is 0 Å². The summed E-state index contributed by atoms with van der Waals surface area (Å²) in [4.78, 5) is 12.2. The monoisotopic (exact) mass is 302 g/mol. The zero-order valence-electron chi connectivity index (χ0n) is 14.9. The highest BCUT2D eigenvalue weighted by Crippen LogP contribution is 2.67. The summed E-state index contributed by atoms with van der Waals surface area (Å²) < 4.78 is 0. The molecule has 4 aliphatic rings. The number of fused-ring (bicyclic) bond motifs is 5.